The number of hydrogen-bond acceptors (Lipinski definition) is 1. The maximum Gasteiger partial charge on any atom is 0.253 e. The Kier molecular flexibility index (Phi) is 2.42. The van der Waals surface area contributed by atoms with Gasteiger partial charge >= 0.3 is 0 Å². The lowest BCUT2D eigenvalue weighted by Crippen LogP contribution is -2.18. The molecular weight excluding hydrogens is 186 g/mol. The molecular formula is C13H12NO. The zero-order valence-corrected chi connectivity index (χ0v) is 8.82. The van der Waals surface area contributed by atoms with Crippen molar-refractivity contribution in [1.29, 1.82) is 0 Å². The van der Waals surface area contributed by atoms with Crippen molar-refractivity contribution in [1.82, 2.24) is 4.57 Å². The fourth-order valence-corrected chi connectivity index (χ4v) is 1.61. The van der Waals surface area contributed by atoms with Crippen molar-refractivity contribution >= 4 is 0 Å². The molecule has 0 unspecified atom stereocenters. The van der Waals surface area contributed by atoms with Crippen molar-refractivity contribution in [2.24, 2.45) is 7.05 Å². The molecule has 2 aromatic rings. The second-order valence-corrected chi connectivity index (χ2v) is 3.62. The minimum absolute atomic E-state index is 0.0543. The van der Waals surface area contributed by atoms with Gasteiger partial charge < -0.3 is 4.57 Å². The highest BCUT2D eigenvalue weighted by Gasteiger charge is 2.01. The van der Waals surface area contributed by atoms with E-state index in [0.717, 1.165) is 16.7 Å². The van der Waals surface area contributed by atoms with E-state index in [0.29, 0.717) is 0 Å². The molecule has 0 spiro atoms. The normalized spacial score (nSPS) is 10.3. The Morgan fingerprint density at radius 1 is 1.33 bits per heavy atom. The molecule has 0 saturated heterocycles. The summed E-state index contributed by atoms with van der Waals surface area (Å²) in [7, 11) is 1.77. The molecule has 2 nitrogen and oxygen atoms in total. The largest absolute Gasteiger partial charge is 0.318 e. The lowest BCUT2D eigenvalue weighted by atomic mass is 10.1. The molecule has 75 valence electrons. The Bertz CT molecular complexity index is 500. The minimum Gasteiger partial charge on any atom is -0.318 e. The molecule has 0 aliphatic rings. The van der Waals surface area contributed by atoms with E-state index in [9.17, 15) is 4.79 Å². The van der Waals surface area contributed by atoms with Crippen LogP contribution in [0.4, 0.5) is 0 Å². The van der Waals surface area contributed by atoms with Gasteiger partial charge in [-0.05, 0) is 36.2 Å². The van der Waals surface area contributed by atoms with E-state index >= 15 is 0 Å². The zero-order chi connectivity index (χ0) is 10.8. The van der Waals surface area contributed by atoms with Gasteiger partial charge in [-0.2, -0.15) is 0 Å². The van der Waals surface area contributed by atoms with Gasteiger partial charge in [0.1, 0.15) is 0 Å². The summed E-state index contributed by atoms with van der Waals surface area (Å²) in [6.07, 6.45) is 1.85. The molecule has 1 radical (unpaired) electrons. The predicted molar refractivity (Wildman–Crippen MR) is 60.7 cm³/mol. The van der Waals surface area contributed by atoms with Gasteiger partial charge in [0.15, 0.2) is 0 Å². The topological polar surface area (TPSA) is 22.0 Å². The lowest BCUT2D eigenvalue weighted by molar-refractivity contribution is 0.851. The fourth-order valence-electron chi connectivity index (χ4n) is 1.61. The van der Waals surface area contributed by atoms with Gasteiger partial charge in [-0.15, -0.1) is 0 Å². The van der Waals surface area contributed by atoms with Crippen molar-refractivity contribution in [2.45, 2.75) is 6.92 Å². The predicted octanol–water partition coefficient (Wildman–Crippen LogP) is 2.16. The number of benzene rings is 1. The summed E-state index contributed by atoms with van der Waals surface area (Å²) in [5.41, 5.74) is 2.94. The second kappa shape index (κ2) is 3.73. The number of aryl methyl sites for hydroxylation is 2. The molecule has 0 saturated carbocycles. The van der Waals surface area contributed by atoms with E-state index in [2.05, 4.69) is 6.07 Å². The standard InChI is InChI=1S/C13H12NO/c1-10-8-12(9-14(2)13(10)15)11-6-4-3-5-7-11/h3-4,6-9H,1-2H3. The molecule has 1 aromatic carbocycles. The van der Waals surface area contributed by atoms with Gasteiger partial charge in [0.05, 0.1) is 0 Å². The smallest absolute Gasteiger partial charge is 0.253 e. The van der Waals surface area contributed by atoms with Crippen molar-refractivity contribution in [2.75, 3.05) is 0 Å². The molecule has 2 rings (SSSR count). The fraction of sp³-hybridized carbons (Fsp3) is 0.154. The van der Waals surface area contributed by atoms with Gasteiger partial charge in [0, 0.05) is 18.8 Å². The van der Waals surface area contributed by atoms with Gasteiger partial charge in [-0.25, -0.2) is 0 Å². The highest BCUT2D eigenvalue weighted by molar-refractivity contribution is 5.62. The average Bonchev–Trinajstić information content (AvgIpc) is 2.26. The van der Waals surface area contributed by atoms with Crippen LogP contribution in [0.15, 0.2) is 41.3 Å². The SMILES string of the molecule is Cc1cc(-c2c[c]ccc2)cn(C)c1=O. The molecule has 0 amide bonds. The first-order valence-corrected chi connectivity index (χ1v) is 4.82. The first-order valence-electron chi connectivity index (χ1n) is 4.82. The number of rotatable bonds is 1. The molecule has 0 aliphatic heterocycles. The van der Waals surface area contributed by atoms with E-state index in [-0.39, 0.29) is 5.56 Å². The Morgan fingerprint density at radius 2 is 2.13 bits per heavy atom. The monoisotopic (exact) mass is 198 g/mol. The summed E-state index contributed by atoms with van der Waals surface area (Å²) < 4.78 is 1.61. The minimum atomic E-state index is 0.0543. The highest BCUT2D eigenvalue weighted by Crippen LogP contribution is 2.17. The Hall–Kier alpha value is -1.83. The first kappa shape index (κ1) is 9.71. The third-order valence-electron chi connectivity index (χ3n) is 2.40. The average molecular weight is 198 g/mol. The highest BCUT2D eigenvalue weighted by atomic mass is 16.1. The van der Waals surface area contributed by atoms with Crippen LogP contribution >= 0.6 is 0 Å². The molecule has 2 heteroatoms. The maximum absolute atomic E-state index is 11.5. The van der Waals surface area contributed by atoms with Crippen LogP contribution in [0, 0.1) is 13.0 Å². The summed E-state index contributed by atoms with van der Waals surface area (Å²) in [4.78, 5) is 11.5. The summed E-state index contributed by atoms with van der Waals surface area (Å²) in [5.74, 6) is 0. The summed E-state index contributed by atoms with van der Waals surface area (Å²) in [6, 6.07) is 12.7. The van der Waals surface area contributed by atoms with Gasteiger partial charge in [-0.1, -0.05) is 18.2 Å². The molecule has 1 heterocycles. The van der Waals surface area contributed by atoms with E-state index in [1.165, 1.54) is 0 Å². The van der Waals surface area contributed by atoms with Crippen LogP contribution in [0.2, 0.25) is 0 Å². The van der Waals surface area contributed by atoms with Crippen LogP contribution in [-0.4, -0.2) is 4.57 Å². The summed E-state index contributed by atoms with van der Waals surface area (Å²) >= 11 is 0. The molecule has 1 aromatic heterocycles. The summed E-state index contributed by atoms with van der Waals surface area (Å²) in [6.45, 7) is 1.83. The van der Waals surface area contributed by atoms with Crippen molar-refractivity contribution < 1.29 is 0 Å². The lowest BCUT2D eigenvalue weighted by Gasteiger charge is -2.05. The molecule has 0 atom stereocenters. The Morgan fingerprint density at radius 3 is 2.73 bits per heavy atom. The third-order valence-corrected chi connectivity index (χ3v) is 2.40. The van der Waals surface area contributed by atoms with E-state index in [1.54, 1.807) is 11.6 Å². The number of nitrogens with zero attached hydrogens (tertiary/aromatic N) is 1. The second-order valence-electron chi connectivity index (χ2n) is 3.62. The van der Waals surface area contributed by atoms with Crippen LogP contribution in [0.3, 0.4) is 0 Å². The molecule has 15 heavy (non-hydrogen) atoms. The summed E-state index contributed by atoms with van der Waals surface area (Å²) in [5, 5.41) is 0. The first-order chi connectivity index (χ1) is 7.18. The van der Waals surface area contributed by atoms with Crippen LogP contribution in [0.5, 0.6) is 0 Å². The van der Waals surface area contributed by atoms with Crippen LogP contribution in [0.25, 0.3) is 11.1 Å². The van der Waals surface area contributed by atoms with Crippen LogP contribution < -0.4 is 5.56 Å². The molecule has 0 bridgehead atoms. The molecule has 0 N–H and O–H groups in total. The maximum atomic E-state index is 11.5. The van der Waals surface area contributed by atoms with Crippen molar-refractivity contribution in [3.05, 3.63) is 58.5 Å². The molecule has 0 fully saturated rings. The number of aromatic nitrogens is 1. The molecule has 0 aliphatic carbocycles. The Labute approximate surface area is 88.8 Å². The van der Waals surface area contributed by atoms with Crippen molar-refractivity contribution in [3.63, 3.8) is 0 Å². The van der Waals surface area contributed by atoms with Crippen LogP contribution in [-0.2, 0) is 7.05 Å². The van der Waals surface area contributed by atoms with E-state index < -0.39 is 0 Å². The van der Waals surface area contributed by atoms with E-state index in [4.69, 9.17) is 0 Å². The Balaban J connectivity index is 2.61. The third kappa shape index (κ3) is 1.84. The van der Waals surface area contributed by atoms with Gasteiger partial charge in [0.2, 0.25) is 0 Å². The van der Waals surface area contributed by atoms with E-state index in [1.807, 2.05) is 43.5 Å². The van der Waals surface area contributed by atoms with Gasteiger partial charge in [-0.3, -0.25) is 4.79 Å². The van der Waals surface area contributed by atoms with Crippen LogP contribution in [0.1, 0.15) is 5.56 Å². The number of pyridine rings is 1. The number of hydrogen-bond donors (Lipinski definition) is 0. The van der Waals surface area contributed by atoms with Crippen molar-refractivity contribution in [3.8, 4) is 11.1 Å². The zero-order valence-electron chi connectivity index (χ0n) is 8.82. The van der Waals surface area contributed by atoms with Gasteiger partial charge in [0.25, 0.3) is 5.56 Å². The quantitative estimate of drug-likeness (QED) is 0.688.